The lowest BCUT2D eigenvalue weighted by atomic mass is 10.1. The summed E-state index contributed by atoms with van der Waals surface area (Å²) >= 11 is 0. The van der Waals surface area contributed by atoms with Crippen LogP contribution >= 0.6 is 0 Å². The summed E-state index contributed by atoms with van der Waals surface area (Å²) in [4.78, 5) is 17.7. The first-order chi connectivity index (χ1) is 13.8. The molecule has 0 unspecified atom stereocenters. The lowest BCUT2D eigenvalue weighted by molar-refractivity contribution is 0.0342. The van der Waals surface area contributed by atoms with E-state index in [1.807, 2.05) is 42.5 Å². The zero-order chi connectivity index (χ0) is 19.2. The van der Waals surface area contributed by atoms with Crippen molar-refractivity contribution in [2.45, 2.75) is 6.54 Å². The maximum Gasteiger partial charge on any atom is 0.257 e. The zero-order valence-electron chi connectivity index (χ0n) is 16.1. The van der Waals surface area contributed by atoms with Crippen molar-refractivity contribution >= 4 is 17.3 Å². The molecule has 2 heterocycles. The second-order valence-corrected chi connectivity index (χ2v) is 7.12. The summed E-state index contributed by atoms with van der Waals surface area (Å²) < 4.78 is 10.9. The minimum absolute atomic E-state index is 0.0727. The van der Waals surface area contributed by atoms with E-state index in [2.05, 4.69) is 21.2 Å². The molecule has 2 aliphatic rings. The molecular formula is C22H27N3O3. The van der Waals surface area contributed by atoms with E-state index in [0.717, 1.165) is 62.9 Å². The van der Waals surface area contributed by atoms with Crippen molar-refractivity contribution in [1.29, 1.82) is 0 Å². The number of carbonyl (C=O) groups excluding carboxylic acids is 1. The van der Waals surface area contributed by atoms with E-state index in [1.165, 1.54) is 0 Å². The SMILES string of the molecule is O=C(Nc1ccccc1CN1CCOCC1)c1ccccc1N1CCOCC1. The molecule has 2 aromatic rings. The smallest absolute Gasteiger partial charge is 0.257 e. The van der Waals surface area contributed by atoms with E-state index in [0.29, 0.717) is 18.8 Å². The van der Waals surface area contributed by atoms with Gasteiger partial charge in [0.2, 0.25) is 0 Å². The van der Waals surface area contributed by atoms with Crippen molar-refractivity contribution < 1.29 is 14.3 Å². The van der Waals surface area contributed by atoms with Gasteiger partial charge in [-0.2, -0.15) is 0 Å². The quantitative estimate of drug-likeness (QED) is 0.863. The third-order valence-corrected chi connectivity index (χ3v) is 5.26. The zero-order valence-corrected chi connectivity index (χ0v) is 16.1. The highest BCUT2D eigenvalue weighted by Crippen LogP contribution is 2.24. The normalized spacial score (nSPS) is 18.1. The van der Waals surface area contributed by atoms with Crippen molar-refractivity contribution in [3.63, 3.8) is 0 Å². The number of nitrogens with zero attached hydrogens (tertiary/aromatic N) is 2. The first kappa shape index (κ1) is 18.9. The van der Waals surface area contributed by atoms with Gasteiger partial charge in [0.05, 0.1) is 32.0 Å². The van der Waals surface area contributed by atoms with Gasteiger partial charge in [0.15, 0.2) is 0 Å². The molecule has 148 valence electrons. The molecule has 2 fully saturated rings. The topological polar surface area (TPSA) is 54.0 Å². The Kier molecular flexibility index (Phi) is 6.21. The van der Waals surface area contributed by atoms with Gasteiger partial charge in [-0.05, 0) is 23.8 Å². The number of carbonyl (C=O) groups is 1. The molecule has 4 rings (SSSR count). The van der Waals surface area contributed by atoms with Crippen LogP contribution in [0, 0.1) is 0 Å². The standard InChI is InChI=1S/C22H27N3O3/c26-22(19-6-2-4-8-21(19)25-11-15-28-16-12-25)23-20-7-3-1-5-18(20)17-24-9-13-27-14-10-24/h1-8H,9-17H2,(H,23,26). The minimum atomic E-state index is -0.0727. The number of hydrogen-bond donors (Lipinski definition) is 1. The van der Waals surface area contributed by atoms with Crippen molar-refractivity contribution in [1.82, 2.24) is 4.90 Å². The molecule has 0 aromatic heterocycles. The highest BCUT2D eigenvalue weighted by atomic mass is 16.5. The molecule has 2 aliphatic heterocycles. The van der Waals surface area contributed by atoms with Crippen LogP contribution < -0.4 is 10.2 Å². The van der Waals surface area contributed by atoms with Gasteiger partial charge in [0.25, 0.3) is 5.91 Å². The maximum atomic E-state index is 13.1. The average molecular weight is 381 g/mol. The summed E-state index contributed by atoms with van der Waals surface area (Å²) in [6, 6.07) is 15.8. The Balaban J connectivity index is 1.51. The average Bonchev–Trinajstić information content (AvgIpc) is 2.76. The maximum absolute atomic E-state index is 13.1. The highest BCUT2D eigenvalue weighted by Gasteiger charge is 2.19. The second-order valence-electron chi connectivity index (χ2n) is 7.12. The second kappa shape index (κ2) is 9.19. The van der Waals surface area contributed by atoms with E-state index < -0.39 is 0 Å². The summed E-state index contributed by atoms with van der Waals surface area (Å²) in [5.41, 5.74) is 3.66. The van der Waals surface area contributed by atoms with Gasteiger partial charge < -0.3 is 19.7 Å². The number of anilines is 2. The van der Waals surface area contributed by atoms with Gasteiger partial charge in [0.1, 0.15) is 0 Å². The van der Waals surface area contributed by atoms with Crippen molar-refractivity contribution in [3.8, 4) is 0 Å². The number of ether oxygens (including phenoxy) is 2. The molecule has 1 amide bonds. The number of nitrogens with one attached hydrogen (secondary N) is 1. The van der Waals surface area contributed by atoms with E-state index >= 15 is 0 Å². The van der Waals surface area contributed by atoms with Gasteiger partial charge in [-0.3, -0.25) is 9.69 Å². The van der Waals surface area contributed by atoms with E-state index in [9.17, 15) is 4.79 Å². The van der Waals surface area contributed by atoms with Crippen LogP contribution in [0.25, 0.3) is 0 Å². The first-order valence-corrected chi connectivity index (χ1v) is 9.92. The molecule has 1 N–H and O–H groups in total. The number of benzene rings is 2. The predicted molar refractivity (Wildman–Crippen MR) is 110 cm³/mol. The molecule has 0 saturated carbocycles. The fourth-order valence-corrected chi connectivity index (χ4v) is 3.72. The van der Waals surface area contributed by atoms with Crippen LogP contribution in [-0.2, 0) is 16.0 Å². The highest BCUT2D eigenvalue weighted by molar-refractivity contribution is 6.08. The third kappa shape index (κ3) is 4.52. The van der Waals surface area contributed by atoms with E-state index in [-0.39, 0.29) is 5.91 Å². The molecule has 28 heavy (non-hydrogen) atoms. The van der Waals surface area contributed by atoms with Gasteiger partial charge in [-0.1, -0.05) is 30.3 Å². The summed E-state index contributed by atoms with van der Waals surface area (Å²) in [6.45, 7) is 7.17. The van der Waals surface area contributed by atoms with Crippen molar-refractivity contribution in [2.75, 3.05) is 62.8 Å². The summed E-state index contributed by atoms with van der Waals surface area (Å²) in [5.74, 6) is -0.0727. The summed E-state index contributed by atoms with van der Waals surface area (Å²) in [7, 11) is 0. The Hall–Kier alpha value is -2.41. The van der Waals surface area contributed by atoms with Gasteiger partial charge in [-0.25, -0.2) is 0 Å². The lowest BCUT2D eigenvalue weighted by Crippen LogP contribution is -2.37. The Morgan fingerprint density at radius 2 is 1.50 bits per heavy atom. The van der Waals surface area contributed by atoms with Crippen LogP contribution in [0.2, 0.25) is 0 Å². The summed E-state index contributed by atoms with van der Waals surface area (Å²) in [5, 5.41) is 3.14. The number of hydrogen-bond acceptors (Lipinski definition) is 5. The molecule has 2 aromatic carbocycles. The molecule has 0 spiro atoms. The minimum Gasteiger partial charge on any atom is -0.379 e. The Labute approximate surface area is 166 Å². The Morgan fingerprint density at radius 3 is 2.29 bits per heavy atom. The molecule has 6 nitrogen and oxygen atoms in total. The van der Waals surface area contributed by atoms with Gasteiger partial charge in [-0.15, -0.1) is 0 Å². The van der Waals surface area contributed by atoms with E-state index in [1.54, 1.807) is 0 Å². The van der Waals surface area contributed by atoms with Gasteiger partial charge in [0, 0.05) is 44.1 Å². The van der Waals surface area contributed by atoms with Crippen LogP contribution in [0.15, 0.2) is 48.5 Å². The van der Waals surface area contributed by atoms with Crippen LogP contribution in [0.1, 0.15) is 15.9 Å². The number of morpholine rings is 2. The molecule has 0 atom stereocenters. The predicted octanol–water partition coefficient (Wildman–Crippen LogP) is 2.61. The lowest BCUT2D eigenvalue weighted by Gasteiger charge is -2.30. The largest absolute Gasteiger partial charge is 0.379 e. The first-order valence-electron chi connectivity index (χ1n) is 9.92. The number of amides is 1. The monoisotopic (exact) mass is 381 g/mol. The van der Waals surface area contributed by atoms with E-state index in [4.69, 9.17) is 9.47 Å². The molecule has 6 heteroatoms. The van der Waals surface area contributed by atoms with Crippen LogP contribution in [0.5, 0.6) is 0 Å². The number of para-hydroxylation sites is 2. The Bertz CT molecular complexity index is 799. The number of rotatable bonds is 5. The Morgan fingerprint density at radius 1 is 0.857 bits per heavy atom. The fourth-order valence-electron chi connectivity index (χ4n) is 3.72. The van der Waals surface area contributed by atoms with Crippen LogP contribution in [0.4, 0.5) is 11.4 Å². The van der Waals surface area contributed by atoms with Crippen molar-refractivity contribution in [2.24, 2.45) is 0 Å². The molecular weight excluding hydrogens is 354 g/mol. The van der Waals surface area contributed by atoms with Crippen LogP contribution in [0.3, 0.4) is 0 Å². The van der Waals surface area contributed by atoms with Gasteiger partial charge >= 0.3 is 0 Å². The third-order valence-electron chi connectivity index (χ3n) is 5.26. The van der Waals surface area contributed by atoms with Crippen LogP contribution in [-0.4, -0.2) is 63.4 Å². The summed E-state index contributed by atoms with van der Waals surface area (Å²) in [6.07, 6.45) is 0. The molecule has 0 radical (unpaired) electrons. The molecule has 2 saturated heterocycles. The fraction of sp³-hybridized carbons (Fsp3) is 0.409. The van der Waals surface area contributed by atoms with Crippen molar-refractivity contribution in [3.05, 3.63) is 59.7 Å². The molecule has 0 bridgehead atoms. The molecule has 0 aliphatic carbocycles.